The average Bonchev–Trinajstić information content (AvgIpc) is 2.01. The molecule has 0 atom stereocenters. The molecule has 1 N–H and O–H groups in total. The van der Waals surface area contributed by atoms with Crippen LogP contribution in [0.4, 0.5) is 0 Å². The second-order valence-corrected chi connectivity index (χ2v) is 3.92. The fourth-order valence-corrected chi connectivity index (χ4v) is 0.821. The SMILES string of the molecule is C=C(C)C(=O)OCCC(=O)S(=O)(=O)O. The smallest absolute Gasteiger partial charge is 0.333 e. The summed E-state index contributed by atoms with van der Waals surface area (Å²) < 4.78 is 33.0. The molecule has 14 heavy (non-hydrogen) atoms. The van der Waals surface area contributed by atoms with Gasteiger partial charge in [-0.15, -0.1) is 0 Å². The first kappa shape index (κ1) is 12.8. The molecule has 0 rings (SSSR count). The van der Waals surface area contributed by atoms with Gasteiger partial charge in [0.05, 0.1) is 13.0 Å². The summed E-state index contributed by atoms with van der Waals surface area (Å²) in [4.78, 5) is 21.3. The molecule has 0 amide bonds. The first-order valence-corrected chi connectivity index (χ1v) is 5.02. The Bertz CT molecular complexity index is 352. The zero-order valence-electron chi connectivity index (χ0n) is 7.52. The minimum atomic E-state index is -4.67. The number of carbonyl (C=O) groups excluding carboxylic acids is 2. The highest BCUT2D eigenvalue weighted by Gasteiger charge is 2.18. The highest BCUT2D eigenvalue weighted by atomic mass is 32.2. The first-order chi connectivity index (χ1) is 6.25. The van der Waals surface area contributed by atoms with E-state index in [1.54, 1.807) is 0 Å². The van der Waals surface area contributed by atoms with Crippen molar-refractivity contribution in [1.82, 2.24) is 0 Å². The fraction of sp³-hybridized carbons (Fsp3) is 0.429. The Hall–Kier alpha value is -1.21. The largest absolute Gasteiger partial charge is 0.462 e. The second kappa shape index (κ2) is 4.87. The van der Waals surface area contributed by atoms with Crippen molar-refractivity contribution in [2.24, 2.45) is 0 Å². The third kappa shape index (κ3) is 4.73. The Morgan fingerprint density at radius 3 is 2.29 bits per heavy atom. The predicted molar refractivity (Wildman–Crippen MR) is 46.9 cm³/mol. The molecule has 0 saturated heterocycles. The van der Waals surface area contributed by atoms with E-state index < -0.39 is 34.2 Å². The number of carbonyl (C=O) groups is 2. The lowest BCUT2D eigenvalue weighted by Crippen LogP contribution is -2.17. The summed E-state index contributed by atoms with van der Waals surface area (Å²) in [6, 6.07) is 0. The quantitative estimate of drug-likeness (QED) is 0.405. The van der Waals surface area contributed by atoms with Crippen molar-refractivity contribution in [3.63, 3.8) is 0 Å². The van der Waals surface area contributed by atoms with Crippen LogP contribution in [0.3, 0.4) is 0 Å². The molecule has 7 heteroatoms. The molecule has 0 aromatic heterocycles. The van der Waals surface area contributed by atoms with Crippen molar-refractivity contribution in [3.05, 3.63) is 12.2 Å². The zero-order valence-corrected chi connectivity index (χ0v) is 8.33. The topological polar surface area (TPSA) is 97.7 Å². The number of esters is 1. The van der Waals surface area contributed by atoms with Crippen LogP contribution < -0.4 is 0 Å². The van der Waals surface area contributed by atoms with Crippen LogP contribution in [0.25, 0.3) is 0 Å². The van der Waals surface area contributed by atoms with Crippen LogP contribution in [0.15, 0.2) is 12.2 Å². The van der Waals surface area contributed by atoms with E-state index in [0.29, 0.717) is 0 Å². The van der Waals surface area contributed by atoms with Crippen LogP contribution in [0, 0.1) is 0 Å². The van der Waals surface area contributed by atoms with Gasteiger partial charge in [-0.05, 0) is 6.92 Å². The molecule has 80 valence electrons. The van der Waals surface area contributed by atoms with Crippen LogP contribution in [0.1, 0.15) is 13.3 Å². The van der Waals surface area contributed by atoms with E-state index >= 15 is 0 Å². The van der Waals surface area contributed by atoms with Gasteiger partial charge >= 0.3 is 16.1 Å². The first-order valence-electron chi connectivity index (χ1n) is 3.58. The highest BCUT2D eigenvalue weighted by Crippen LogP contribution is 1.96. The number of hydrogen-bond donors (Lipinski definition) is 1. The average molecular weight is 222 g/mol. The fourth-order valence-electron chi connectivity index (χ4n) is 0.479. The normalized spacial score (nSPS) is 10.7. The molecule has 0 aromatic rings. The molecule has 0 radical (unpaired) electrons. The van der Waals surface area contributed by atoms with Gasteiger partial charge in [0.2, 0.25) is 0 Å². The third-order valence-corrected chi connectivity index (χ3v) is 1.96. The lowest BCUT2D eigenvalue weighted by molar-refractivity contribution is -0.139. The van der Waals surface area contributed by atoms with Crippen molar-refractivity contribution in [2.75, 3.05) is 6.61 Å². The van der Waals surface area contributed by atoms with Gasteiger partial charge < -0.3 is 4.74 Å². The van der Waals surface area contributed by atoms with E-state index in [2.05, 4.69) is 11.3 Å². The maximum atomic E-state index is 10.7. The Labute approximate surface area is 81.3 Å². The summed E-state index contributed by atoms with van der Waals surface area (Å²) in [5.74, 6) is -0.715. The Morgan fingerprint density at radius 2 is 1.93 bits per heavy atom. The Morgan fingerprint density at radius 1 is 1.43 bits per heavy atom. The number of rotatable bonds is 4. The molecular weight excluding hydrogens is 212 g/mol. The van der Waals surface area contributed by atoms with Crippen molar-refractivity contribution in [2.45, 2.75) is 13.3 Å². The van der Waals surface area contributed by atoms with Gasteiger partial charge in [0.1, 0.15) is 0 Å². The molecule has 0 heterocycles. The zero-order chi connectivity index (χ0) is 11.4. The molecule has 0 aliphatic carbocycles. The van der Waals surface area contributed by atoms with Crippen molar-refractivity contribution in [1.29, 1.82) is 0 Å². The van der Waals surface area contributed by atoms with Crippen molar-refractivity contribution < 1.29 is 27.3 Å². The summed E-state index contributed by atoms with van der Waals surface area (Å²) in [5.41, 5.74) is 0.143. The van der Waals surface area contributed by atoms with Crippen molar-refractivity contribution in [3.8, 4) is 0 Å². The van der Waals surface area contributed by atoms with E-state index in [1.807, 2.05) is 0 Å². The molecule has 0 aromatic carbocycles. The number of ether oxygens (including phenoxy) is 1. The van der Waals surface area contributed by atoms with Gasteiger partial charge in [-0.25, -0.2) is 4.79 Å². The van der Waals surface area contributed by atoms with Crippen LogP contribution in [0.2, 0.25) is 0 Å². The van der Waals surface area contributed by atoms with Gasteiger partial charge in [-0.2, -0.15) is 8.42 Å². The van der Waals surface area contributed by atoms with Gasteiger partial charge in [-0.3, -0.25) is 9.35 Å². The molecular formula is C7H10O6S. The summed E-state index contributed by atoms with van der Waals surface area (Å²) in [5, 5.41) is -1.38. The Balaban J connectivity index is 3.94. The number of hydrogen-bond acceptors (Lipinski definition) is 5. The minimum Gasteiger partial charge on any atom is -0.462 e. The van der Waals surface area contributed by atoms with E-state index in [4.69, 9.17) is 4.55 Å². The van der Waals surface area contributed by atoms with Gasteiger partial charge in [-0.1, -0.05) is 6.58 Å². The second-order valence-electron chi connectivity index (χ2n) is 2.51. The van der Waals surface area contributed by atoms with Crippen LogP contribution in [-0.4, -0.2) is 30.7 Å². The van der Waals surface area contributed by atoms with Crippen molar-refractivity contribution >= 4 is 21.2 Å². The molecule has 0 aliphatic heterocycles. The summed E-state index contributed by atoms with van der Waals surface area (Å²) in [7, 11) is -4.67. The van der Waals surface area contributed by atoms with E-state index in [-0.39, 0.29) is 5.57 Å². The third-order valence-electron chi connectivity index (χ3n) is 1.18. The summed E-state index contributed by atoms with van der Waals surface area (Å²) >= 11 is 0. The molecule has 0 unspecified atom stereocenters. The summed E-state index contributed by atoms with van der Waals surface area (Å²) in [6.45, 7) is 4.29. The van der Waals surface area contributed by atoms with Gasteiger partial charge in [0.15, 0.2) is 0 Å². The molecule has 0 saturated carbocycles. The van der Waals surface area contributed by atoms with Crippen LogP contribution in [-0.2, 0) is 24.4 Å². The predicted octanol–water partition coefficient (Wildman–Crippen LogP) is -0.0898. The molecule has 6 nitrogen and oxygen atoms in total. The standard InChI is InChI=1S/C7H10O6S/c1-5(2)7(9)13-4-3-6(8)14(10,11)12/h1,3-4H2,2H3,(H,10,11,12). The lowest BCUT2D eigenvalue weighted by Gasteiger charge is -2.01. The molecule has 0 bridgehead atoms. The molecule has 0 fully saturated rings. The van der Waals surface area contributed by atoms with E-state index in [0.717, 1.165) is 0 Å². The minimum absolute atomic E-state index is 0.143. The summed E-state index contributed by atoms with van der Waals surface area (Å²) in [6.07, 6.45) is -0.572. The van der Waals surface area contributed by atoms with Crippen LogP contribution in [0.5, 0.6) is 0 Å². The van der Waals surface area contributed by atoms with E-state index in [9.17, 15) is 18.0 Å². The highest BCUT2D eigenvalue weighted by molar-refractivity contribution is 8.01. The van der Waals surface area contributed by atoms with Gasteiger partial charge in [0.25, 0.3) is 5.12 Å². The monoisotopic (exact) mass is 222 g/mol. The maximum absolute atomic E-state index is 10.7. The molecule has 0 aliphatic rings. The van der Waals surface area contributed by atoms with Crippen LogP contribution >= 0.6 is 0 Å². The maximum Gasteiger partial charge on any atom is 0.333 e. The molecule has 0 spiro atoms. The van der Waals surface area contributed by atoms with E-state index in [1.165, 1.54) is 6.92 Å². The lowest BCUT2D eigenvalue weighted by atomic mass is 10.4. The van der Waals surface area contributed by atoms with Gasteiger partial charge in [0, 0.05) is 5.57 Å². The Kier molecular flexibility index (Phi) is 4.45.